The molecule has 1 heterocycles. The van der Waals surface area contributed by atoms with E-state index in [0.717, 1.165) is 19.5 Å². The molecule has 1 saturated heterocycles. The first-order chi connectivity index (χ1) is 6.52. The topological polar surface area (TPSA) is 23.5 Å². The molecule has 0 radical (unpaired) electrons. The van der Waals surface area contributed by atoms with Crippen LogP contribution in [0.5, 0.6) is 0 Å². The Kier molecular flexibility index (Phi) is 9.63. The van der Waals surface area contributed by atoms with E-state index in [9.17, 15) is 5.11 Å². The normalized spacial score (nSPS) is 25.3. The van der Waals surface area contributed by atoms with E-state index in [1.54, 1.807) is 0 Å². The van der Waals surface area contributed by atoms with Gasteiger partial charge in [-0.1, -0.05) is 41.5 Å². The molecule has 1 aliphatic rings. The van der Waals surface area contributed by atoms with Crippen LogP contribution >= 0.6 is 0 Å². The number of likely N-dealkylation sites (tertiary alicyclic amines) is 1. The van der Waals surface area contributed by atoms with Gasteiger partial charge in [-0.3, -0.25) is 0 Å². The third-order valence-electron chi connectivity index (χ3n) is 2.36. The summed E-state index contributed by atoms with van der Waals surface area (Å²) in [6, 6.07) is 0. The van der Waals surface area contributed by atoms with Crippen molar-refractivity contribution >= 4 is 0 Å². The van der Waals surface area contributed by atoms with Crippen LogP contribution in [0.2, 0.25) is 0 Å². The smallest absolute Gasteiger partial charge is 0.0615 e. The SMILES string of the molecule is CC.CC.CN1CCC(O)C(C)(C)C1. The summed E-state index contributed by atoms with van der Waals surface area (Å²) in [6.45, 7) is 14.3. The van der Waals surface area contributed by atoms with Crippen LogP contribution in [0.1, 0.15) is 48.0 Å². The molecular formula is C12H29NO. The van der Waals surface area contributed by atoms with Crippen molar-refractivity contribution in [1.82, 2.24) is 4.90 Å². The Hall–Kier alpha value is -0.0800. The molecule has 2 nitrogen and oxygen atoms in total. The molecule has 0 amide bonds. The molecule has 0 aromatic carbocycles. The highest BCUT2D eigenvalue weighted by Gasteiger charge is 2.32. The van der Waals surface area contributed by atoms with Crippen molar-refractivity contribution in [2.75, 3.05) is 20.1 Å². The molecule has 1 aliphatic heterocycles. The lowest BCUT2D eigenvalue weighted by Gasteiger charge is -2.40. The molecule has 1 fully saturated rings. The van der Waals surface area contributed by atoms with Gasteiger partial charge in [-0.05, 0) is 13.5 Å². The van der Waals surface area contributed by atoms with Gasteiger partial charge in [0.15, 0.2) is 0 Å². The second kappa shape index (κ2) is 8.25. The lowest BCUT2D eigenvalue weighted by Crippen LogP contribution is -2.46. The summed E-state index contributed by atoms with van der Waals surface area (Å²) in [5.74, 6) is 0. The highest BCUT2D eigenvalue weighted by molar-refractivity contribution is 4.85. The minimum absolute atomic E-state index is 0.0903. The van der Waals surface area contributed by atoms with Crippen LogP contribution in [0.25, 0.3) is 0 Å². The molecule has 0 aromatic rings. The molecule has 1 atom stereocenters. The van der Waals surface area contributed by atoms with Crippen LogP contribution in [-0.2, 0) is 0 Å². The van der Waals surface area contributed by atoms with Crippen molar-refractivity contribution in [2.45, 2.75) is 54.1 Å². The molecule has 1 unspecified atom stereocenters. The predicted molar refractivity (Wildman–Crippen MR) is 64.6 cm³/mol. The summed E-state index contributed by atoms with van der Waals surface area (Å²) < 4.78 is 0. The van der Waals surface area contributed by atoms with Gasteiger partial charge in [-0.15, -0.1) is 0 Å². The van der Waals surface area contributed by atoms with Gasteiger partial charge in [0, 0.05) is 18.5 Å². The van der Waals surface area contributed by atoms with Crippen LogP contribution in [0.15, 0.2) is 0 Å². The maximum atomic E-state index is 9.53. The second-order valence-electron chi connectivity index (χ2n) is 4.03. The third-order valence-corrected chi connectivity index (χ3v) is 2.36. The predicted octanol–water partition coefficient (Wildman–Crippen LogP) is 2.76. The Morgan fingerprint density at radius 1 is 1.14 bits per heavy atom. The van der Waals surface area contributed by atoms with Crippen molar-refractivity contribution in [3.63, 3.8) is 0 Å². The van der Waals surface area contributed by atoms with E-state index >= 15 is 0 Å². The minimum atomic E-state index is -0.108. The molecule has 2 heteroatoms. The summed E-state index contributed by atoms with van der Waals surface area (Å²) in [6.07, 6.45) is 0.812. The van der Waals surface area contributed by atoms with Crippen LogP contribution in [0, 0.1) is 5.41 Å². The molecule has 1 rings (SSSR count). The number of rotatable bonds is 0. The number of hydrogen-bond acceptors (Lipinski definition) is 2. The summed E-state index contributed by atoms with van der Waals surface area (Å²) >= 11 is 0. The fourth-order valence-corrected chi connectivity index (χ4v) is 1.61. The monoisotopic (exact) mass is 203 g/mol. The number of nitrogens with zero attached hydrogens (tertiary/aromatic N) is 1. The van der Waals surface area contributed by atoms with Crippen molar-refractivity contribution in [2.24, 2.45) is 5.41 Å². The molecular weight excluding hydrogens is 174 g/mol. The van der Waals surface area contributed by atoms with E-state index in [1.807, 2.05) is 27.7 Å². The van der Waals surface area contributed by atoms with Gasteiger partial charge in [0.05, 0.1) is 6.10 Å². The Labute approximate surface area is 90.3 Å². The van der Waals surface area contributed by atoms with E-state index < -0.39 is 0 Å². The molecule has 0 saturated carbocycles. The molecule has 0 spiro atoms. The van der Waals surface area contributed by atoms with Crippen molar-refractivity contribution in [1.29, 1.82) is 0 Å². The third kappa shape index (κ3) is 5.61. The minimum Gasteiger partial charge on any atom is -0.392 e. The van der Waals surface area contributed by atoms with Gasteiger partial charge >= 0.3 is 0 Å². The van der Waals surface area contributed by atoms with Gasteiger partial charge in [0.1, 0.15) is 0 Å². The van der Waals surface area contributed by atoms with Crippen LogP contribution in [0.3, 0.4) is 0 Å². The van der Waals surface area contributed by atoms with E-state index in [4.69, 9.17) is 0 Å². The van der Waals surface area contributed by atoms with E-state index in [-0.39, 0.29) is 11.5 Å². The van der Waals surface area contributed by atoms with Crippen LogP contribution < -0.4 is 0 Å². The first-order valence-electron chi connectivity index (χ1n) is 5.89. The maximum absolute atomic E-state index is 9.53. The zero-order chi connectivity index (χ0) is 11.8. The molecule has 14 heavy (non-hydrogen) atoms. The fourth-order valence-electron chi connectivity index (χ4n) is 1.61. The Balaban J connectivity index is 0. The standard InChI is InChI=1S/C8H17NO.2C2H6/c1-8(2)6-9(3)5-4-7(8)10;2*1-2/h7,10H,4-6H2,1-3H3;2*1-2H3. The van der Waals surface area contributed by atoms with Gasteiger partial charge in [0.25, 0.3) is 0 Å². The van der Waals surface area contributed by atoms with Crippen LogP contribution in [0.4, 0.5) is 0 Å². The van der Waals surface area contributed by atoms with Crippen molar-refractivity contribution < 1.29 is 5.11 Å². The van der Waals surface area contributed by atoms with Gasteiger partial charge in [0.2, 0.25) is 0 Å². The Morgan fingerprint density at radius 3 is 1.86 bits per heavy atom. The molecule has 1 N–H and O–H groups in total. The van der Waals surface area contributed by atoms with E-state index in [0.29, 0.717) is 0 Å². The fraction of sp³-hybridized carbons (Fsp3) is 1.00. The number of hydrogen-bond donors (Lipinski definition) is 1. The van der Waals surface area contributed by atoms with E-state index in [2.05, 4.69) is 25.8 Å². The highest BCUT2D eigenvalue weighted by atomic mass is 16.3. The largest absolute Gasteiger partial charge is 0.392 e. The second-order valence-corrected chi connectivity index (χ2v) is 4.03. The summed E-state index contributed by atoms with van der Waals surface area (Å²) in [7, 11) is 2.10. The van der Waals surface area contributed by atoms with Crippen molar-refractivity contribution in [3.8, 4) is 0 Å². The quantitative estimate of drug-likeness (QED) is 0.654. The lowest BCUT2D eigenvalue weighted by molar-refractivity contribution is -0.0162. The average Bonchev–Trinajstić information content (AvgIpc) is 2.18. The number of aliphatic hydroxyl groups excluding tert-OH is 1. The van der Waals surface area contributed by atoms with Crippen molar-refractivity contribution in [3.05, 3.63) is 0 Å². The lowest BCUT2D eigenvalue weighted by atomic mass is 9.81. The first-order valence-corrected chi connectivity index (χ1v) is 5.89. The van der Waals surface area contributed by atoms with Crippen LogP contribution in [-0.4, -0.2) is 36.2 Å². The summed E-state index contributed by atoms with van der Waals surface area (Å²) in [5, 5.41) is 9.53. The molecule has 88 valence electrons. The maximum Gasteiger partial charge on any atom is 0.0615 e. The Morgan fingerprint density at radius 2 is 1.57 bits per heavy atom. The first kappa shape index (κ1) is 16.4. The molecule has 0 aromatic heterocycles. The van der Waals surface area contributed by atoms with Gasteiger partial charge in [-0.2, -0.15) is 0 Å². The molecule has 0 aliphatic carbocycles. The number of piperidine rings is 1. The zero-order valence-corrected chi connectivity index (χ0v) is 11.1. The Bertz CT molecular complexity index is 123. The zero-order valence-electron chi connectivity index (χ0n) is 11.1. The number of aliphatic hydroxyl groups is 1. The average molecular weight is 203 g/mol. The highest BCUT2D eigenvalue weighted by Crippen LogP contribution is 2.27. The molecule has 0 bridgehead atoms. The van der Waals surface area contributed by atoms with E-state index in [1.165, 1.54) is 0 Å². The summed E-state index contributed by atoms with van der Waals surface area (Å²) in [4.78, 5) is 2.27. The summed E-state index contributed by atoms with van der Waals surface area (Å²) in [5.41, 5.74) is 0.0903. The van der Waals surface area contributed by atoms with Gasteiger partial charge < -0.3 is 10.0 Å². The van der Waals surface area contributed by atoms with Gasteiger partial charge in [-0.25, -0.2) is 0 Å².